The summed E-state index contributed by atoms with van der Waals surface area (Å²) < 4.78 is 5.90. The minimum atomic E-state index is -0.187. The van der Waals surface area contributed by atoms with Crippen LogP contribution in [0.3, 0.4) is 0 Å². The molecule has 2 N–H and O–H groups in total. The highest BCUT2D eigenvalue weighted by atomic mass is 16.5. The number of aromatic hydroxyl groups is 2. The first-order valence-corrected chi connectivity index (χ1v) is 13.0. The van der Waals surface area contributed by atoms with E-state index in [4.69, 9.17) is 4.74 Å². The van der Waals surface area contributed by atoms with Crippen LogP contribution in [-0.2, 0) is 33.2 Å². The van der Waals surface area contributed by atoms with E-state index in [1.54, 1.807) is 0 Å². The monoisotopic (exact) mass is 482 g/mol. The minimum Gasteiger partial charge on any atom is -0.507 e. The number of carbonyl (C=O) groups is 1. The van der Waals surface area contributed by atoms with Crippen molar-refractivity contribution >= 4 is 5.97 Å². The van der Waals surface area contributed by atoms with Crippen LogP contribution in [0.25, 0.3) is 0 Å². The third-order valence-electron chi connectivity index (χ3n) is 6.60. The van der Waals surface area contributed by atoms with Gasteiger partial charge in [0.05, 0.1) is 0 Å². The molecule has 0 unspecified atom stereocenters. The SMILES string of the molecule is CCCC(=O)OC(CCc1cc(C)c(O)c(C(C)(C)C)c1)CCc1cc(C)c(O)c(C(C)(C)C)c1. The maximum atomic E-state index is 12.4. The minimum absolute atomic E-state index is 0.146. The van der Waals surface area contributed by atoms with E-state index in [9.17, 15) is 15.0 Å². The van der Waals surface area contributed by atoms with Crippen LogP contribution >= 0.6 is 0 Å². The highest BCUT2D eigenvalue weighted by molar-refractivity contribution is 5.69. The summed E-state index contributed by atoms with van der Waals surface area (Å²) in [7, 11) is 0. The molecule has 35 heavy (non-hydrogen) atoms. The van der Waals surface area contributed by atoms with Crippen LogP contribution in [0.4, 0.5) is 0 Å². The normalized spacial score (nSPS) is 12.3. The summed E-state index contributed by atoms with van der Waals surface area (Å²) in [5, 5.41) is 21.1. The molecule has 0 spiro atoms. The van der Waals surface area contributed by atoms with Crippen molar-refractivity contribution in [2.75, 3.05) is 0 Å². The Bertz CT molecular complexity index is 948. The lowest BCUT2D eigenvalue weighted by Gasteiger charge is -2.24. The van der Waals surface area contributed by atoms with Gasteiger partial charge in [0.15, 0.2) is 0 Å². The molecular formula is C31H46O4. The Kier molecular flexibility index (Phi) is 9.44. The number of benzene rings is 2. The zero-order chi connectivity index (χ0) is 26.6. The molecule has 0 saturated carbocycles. The van der Waals surface area contributed by atoms with Crippen molar-refractivity contribution in [3.8, 4) is 11.5 Å². The van der Waals surface area contributed by atoms with Gasteiger partial charge in [-0.05, 0) is 90.2 Å². The summed E-state index contributed by atoms with van der Waals surface area (Å²) in [6.07, 6.45) is 4.01. The van der Waals surface area contributed by atoms with Crippen molar-refractivity contribution in [3.05, 3.63) is 57.6 Å². The van der Waals surface area contributed by atoms with E-state index in [1.165, 1.54) is 0 Å². The predicted molar refractivity (Wildman–Crippen MR) is 145 cm³/mol. The molecule has 4 nitrogen and oxygen atoms in total. The van der Waals surface area contributed by atoms with Gasteiger partial charge < -0.3 is 14.9 Å². The molecule has 0 aliphatic heterocycles. The number of esters is 1. The summed E-state index contributed by atoms with van der Waals surface area (Å²) in [5.41, 5.74) is 5.64. The van der Waals surface area contributed by atoms with Crippen molar-refractivity contribution in [1.82, 2.24) is 0 Å². The van der Waals surface area contributed by atoms with Gasteiger partial charge in [0.2, 0.25) is 0 Å². The first-order valence-electron chi connectivity index (χ1n) is 13.0. The fraction of sp³-hybridized carbons (Fsp3) is 0.581. The molecule has 0 aromatic heterocycles. The lowest BCUT2D eigenvalue weighted by Crippen LogP contribution is -2.20. The number of hydrogen-bond acceptors (Lipinski definition) is 4. The van der Waals surface area contributed by atoms with Crippen molar-refractivity contribution in [2.24, 2.45) is 0 Å². The van der Waals surface area contributed by atoms with E-state index in [-0.39, 0.29) is 22.9 Å². The van der Waals surface area contributed by atoms with Crippen molar-refractivity contribution in [2.45, 2.75) is 118 Å². The van der Waals surface area contributed by atoms with Gasteiger partial charge in [-0.15, -0.1) is 0 Å². The molecule has 4 heteroatoms. The lowest BCUT2D eigenvalue weighted by molar-refractivity contribution is -0.149. The van der Waals surface area contributed by atoms with E-state index in [0.29, 0.717) is 17.9 Å². The van der Waals surface area contributed by atoms with Crippen molar-refractivity contribution < 1.29 is 19.7 Å². The van der Waals surface area contributed by atoms with Gasteiger partial charge in [0, 0.05) is 6.42 Å². The molecule has 2 rings (SSSR count). The molecule has 0 aliphatic carbocycles. The van der Waals surface area contributed by atoms with Crippen LogP contribution in [0.15, 0.2) is 24.3 Å². The molecule has 2 aromatic rings. The van der Waals surface area contributed by atoms with Crippen LogP contribution < -0.4 is 0 Å². The number of hydrogen-bond donors (Lipinski definition) is 2. The topological polar surface area (TPSA) is 66.8 Å². The Balaban J connectivity index is 2.22. The number of aryl methyl sites for hydroxylation is 4. The van der Waals surface area contributed by atoms with Crippen LogP contribution in [0.2, 0.25) is 0 Å². The average Bonchev–Trinajstić information content (AvgIpc) is 2.73. The third kappa shape index (κ3) is 8.02. The lowest BCUT2D eigenvalue weighted by atomic mass is 9.83. The van der Waals surface area contributed by atoms with Crippen LogP contribution in [0.1, 0.15) is 108 Å². The van der Waals surface area contributed by atoms with E-state index in [1.807, 2.05) is 32.9 Å². The van der Waals surface area contributed by atoms with E-state index < -0.39 is 0 Å². The first-order chi connectivity index (χ1) is 16.1. The summed E-state index contributed by atoms with van der Waals surface area (Å²) in [6.45, 7) is 18.5. The molecular weight excluding hydrogens is 436 g/mol. The highest BCUT2D eigenvalue weighted by Gasteiger charge is 2.23. The van der Waals surface area contributed by atoms with E-state index >= 15 is 0 Å². The van der Waals surface area contributed by atoms with Gasteiger partial charge >= 0.3 is 5.97 Å². The van der Waals surface area contributed by atoms with Crippen LogP contribution in [-0.4, -0.2) is 22.3 Å². The number of ether oxygens (including phenoxy) is 1. The summed E-state index contributed by atoms with van der Waals surface area (Å²) in [5.74, 6) is 0.584. The Morgan fingerprint density at radius 3 is 1.54 bits per heavy atom. The Labute approximate surface area is 212 Å². The quantitative estimate of drug-likeness (QED) is 0.361. The molecule has 0 atom stereocenters. The van der Waals surface area contributed by atoms with E-state index in [2.05, 4.69) is 53.7 Å². The predicted octanol–water partition coefficient (Wildman–Crippen LogP) is 7.59. The van der Waals surface area contributed by atoms with Gasteiger partial charge in [0.1, 0.15) is 17.6 Å². The standard InChI is InChI=1S/C31H46O4/c1-10-11-27(32)35-24(14-12-22-16-20(2)28(33)25(18-22)30(4,5)6)15-13-23-17-21(3)29(34)26(19-23)31(7,8)9/h16-19,24,33-34H,10-15H2,1-9H3. The smallest absolute Gasteiger partial charge is 0.306 e. The van der Waals surface area contributed by atoms with E-state index in [0.717, 1.165) is 65.5 Å². The third-order valence-corrected chi connectivity index (χ3v) is 6.60. The molecule has 194 valence electrons. The number of phenols is 2. The number of rotatable bonds is 9. The second kappa shape index (κ2) is 11.5. The second-order valence-corrected chi connectivity index (χ2v) is 12.1. The molecule has 0 aliphatic rings. The largest absolute Gasteiger partial charge is 0.507 e. The van der Waals surface area contributed by atoms with Crippen molar-refractivity contribution in [1.29, 1.82) is 0 Å². The fourth-order valence-corrected chi connectivity index (χ4v) is 4.51. The summed E-state index contributed by atoms with van der Waals surface area (Å²) >= 11 is 0. The molecule has 0 bridgehead atoms. The Morgan fingerprint density at radius 1 is 0.800 bits per heavy atom. The van der Waals surface area contributed by atoms with Gasteiger partial charge in [-0.25, -0.2) is 0 Å². The zero-order valence-electron chi connectivity index (χ0n) is 23.3. The molecule has 0 radical (unpaired) electrons. The highest BCUT2D eigenvalue weighted by Crippen LogP contribution is 2.36. The number of carbonyl (C=O) groups excluding carboxylic acids is 1. The maximum Gasteiger partial charge on any atom is 0.306 e. The fourth-order valence-electron chi connectivity index (χ4n) is 4.51. The summed E-state index contributed by atoms with van der Waals surface area (Å²) in [6, 6.07) is 8.25. The molecule has 0 saturated heterocycles. The molecule has 0 fully saturated rings. The zero-order valence-corrected chi connectivity index (χ0v) is 23.3. The van der Waals surface area contributed by atoms with Gasteiger partial charge in [-0.3, -0.25) is 4.79 Å². The van der Waals surface area contributed by atoms with Gasteiger partial charge in [-0.2, -0.15) is 0 Å². The Morgan fingerprint density at radius 2 is 1.20 bits per heavy atom. The number of phenolic OH excluding ortho intramolecular Hbond substituents is 2. The molecule has 2 aromatic carbocycles. The second-order valence-electron chi connectivity index (χ2n) is 12.1. The van der Waals surface area contributed by atoms with Gasteiger partial charge in [0.25, 0.3) is 0 Å². The maximum absolute atomic E-state index is 12.4. The molecule has 0 amide bonds. The first kappa shape index (κ1) is 28.7. The molecule has 0 heterocycles. The Hall–Kier alpha value is -2.49. The van der Waals surface area contributed by atoms with Gasteiger partial charge in [-0.1, -0.05) is 72.7 Å². The van der Waals surface area contributed by atoms with Crippen LogP contribution in [0, 0.1) is 13.8 Å². The van der Waals surface area contributed by atoms with Crippen molar-refractivity contribution in [3.63, 3.8) is 0 Å². The van der Waals surface area contributed by atoms with Crippen LogP contribution in [0.5, 0.6) is 11.5 Å². The summed E-state index contributed by atoms with van der Waals surface area (Å²) in [4.78, 5) is 12.4. The average molecular weight is 483 g/mol.